The third kappa shape index (κ3) is 18.7. The van der Waals surface area contributed by atoms with Crippen LogP contribution in [0.5, 0.6) is 17.2 Å². The summed E-state index contributed by atoms with van der Waals surface area (Å²) in [7, 11) is 1.60. The number of aliphatic hydroxyl groups is 6. The van der Waals surface area contributed by atoms with Crippen molar-refractivity contribution in [3.63, 3.8) is 0 Å². The van der Waals surface area contributed by atoms with E-state index in [1.54, 1.807) is 19.2 Å². The van der Waals surface area contributed by atoms with Gasteiger partial charge in [0.1, 0.15) is 58.6 Å². The Morgan fingerprint density at radius 3 is 1.98 bits per heavy atom. The number of ether oxygens (including phenoxy) is 2. The first-order chi connectivity index (χ1) is 43.9. The number of nitrogens with zero attached hydrogens (tertiary/aromatic N) is 4. The summed E-state index contributed by atoms with van der Waals surface area (Å²) in [5.74, 6) is -10.5. The van der Waals surface area contributed by atoms with Crippen molar-refractivity contribution < 1.29 is 132 Å². The molecule has 0 radical (unpaired) electrons. The average molecular weight is 1340 g/mol. The number of phenolic OH excluding ortho intramolecular Hbond substituents is 1. The smallest absolute Gasteiger partial charge is 0.691 e. The monoisotopic (exact) mass is 1340 g/mol. The van der Waals surface area contributed by atoms with Gasteiger partial charge in [0.2, 0.25) is 41.4 Å². The van der Waals surface area contributed by atoms with Gasteiger partial charge in [-0.3, -0.25) is 43.4 Å². The molecule has 13 unspecified atom stereocenters. The quantitative estimate of drug-likeness (QED) is 0.0114. The third-order valence-corrected chi connectivity index (χ3v) is 16.9. The number of rotatable bonds is 20. The molecule has 14 N–H and O–H groups in total. The van der Waals surface area contributed by atoms with Gasteiger partial charge in [0.25, 0.3) is 18.2 Å². The second kappa shape index (κ2) is 33.6. The minimum Gasteiger partial charge on any atom is -0.691 e. The van der Waals surface area contributed by atoms with Gasteiger partial charge in [-0.05, 0) is 60.0 Å². The molecule has 34 heteroatoms. The molecule has 31 nitrogen and oxygen atoms in total. The van der Waals surface area contributed by atoms with Crippen LogP contribution >= 0.6 is 23.7 Å². The minimum atomic E-state index is -2.23. The van der Waals surface area contributed by atoms with Crippen LogP contribution in [-0.4, -0.2) is 216 Å². The Balaban J connectivity index is 0.0000123. The summed E-state index contributed by atoms with van der Waals surface area (Å²) in [6.45, 7) is 1.71. The summed E-state index contributed by atoms with van der Waals surface area (Å²) in [4.78, 5) is 115. The largest absolute Gasteiger partial charge is 1.00 e. The second-order valence-electron chi connectivity index (χ2n) is 22.2. The van der Waals surface area contributed by atoms with E-state index in [-0.39, 0.29) is 58.8 Å². The molecule has 8 amide bonds. The van der Waals surface area contributed by atoms with Gasteiger partial charge in [-0.2, -0.15) is 0 Å². The fraction of sp³-hybridized carbons (Fsp3) is 0.424. The Labute approximate surface area is 561 Å². The first-order valence-electron chi connectivity index (χ1n) is 28.8. The SMILES string of the molecule is COCCOc1ccc(-c2ccc(-c3nnc(-c4ccc(C(=O)NC5CC(O)CNC(=O)C6C(O)C(C)CN6C(=O)C(C(O)CC(N)=O)NC(=O)C(C(O)Cc6ccc(O)c(OSOO[O-])c6)NC(=O)C6CC(O)CN6C(=O)C(C(C)O)NC5=O)cc4)s3)cc2)cc1.[Na+]. The van der Waals surface area contributed by atoms with Crippen molar-refractivity contribution in [2.24, 2.45) is 11.7 Å². The molecule has 4 aromatic carbocycles. The van der Waals surface area contributed by atoms with Crippen LogP contribution in [0.1, 0.15) is 49.0 Å². The predicted molar refractivity (Wildman–Crippen MR) is 321 cm³/mol. The Bertz CT molecular complexity index is 3430. The number of carbonyl (C=O) groups excluding carboxylic acids is 8. The number of β-amino-alcohol motifs (C(OH)–C–C–N with tert-alkyl or cyclic N) is 1. The second-order valence-corrected chi connectivity index (χ2v) is 23.6. The van der Waals surface area contributed by atoms with Crippen LogP contribution in [0, 0.1) is 5.92 Å². The molecule has 0 aliphatic carbocycles. The molecule has 13 atom stereocenters. The van der Waals surface area contributed by atoms with E-state index in [1.165, 1.54) is 36.5 Å². The molecule has 3 fully saturated rings. The number of aromatic hydroxyl groups is 1. The summed E-state index contributed by atoms with van der Waals surface area (Å²) in [5, 5.41) is 114. The van der Waals surface area contributed by atoms with E-state index in [2.05, 4.69) is 46.2 Å². The molecule has 4 heterocycles. The van der Waals surface area contributed by atoms with E-state index in [1.807, 2.05) is 48.5 Å². The molecule has 1 aromatic heterocycles. The number of aliphatic hydroxyl groups excluding tert-OH is 6. The van der Waals surface area contributed by atoms with Crippen molar-refractivity contribution in [3.8, 4) is 49.5 Å². The van der Waals surface area contributed by atoms with Gasteiger partial charge in [0.15, 0.2) is 11.5 Å². The maximum Gasteiger partial charge on any atom is 1.00 e. The Morgan fingerprint density at radius 2 is 1.35 bits per heavy atom. The van der Waals surface area contributed by atoms with Gasteiger partial charge < -0.3 is 96.8 Å². The van der Waals surface area contributed by atoms with E-state index in [0.717, 1.165) is 45.5 Å². The molecule has 3 aliphatic heterocycles. The van der Waals surface area contributed by atoms with Crippen molar-refractivity contribution in [2.45, 2.75) is 112 Å². The van der Waals surface area contributed by atoms with Gasteiger partial charge in [0, 0.05) is 68.6 Å². The van der Waals surface area contributed by atoms with Crippen LogP contribution < -0.4 is 76.1 Å². The van der Waals surface area contributed by atoms with Crippen LogP contribution in [0.4, 0.5) is 0 Å². The van der Waals surface area contributed by atoms with E-state index in [9.17, 15) is 79.4 Å². The molecular formula is C59H69N10NaO21S2. The van der Waals surface area contributed by atoms with Crippen molar-refractivity contribution in [2.75, 3.05) is 40.0 Å². The zero-order valence-electron chi connectivity index (χ0n) is 50.6. The normalized spacial score (nSPS) is 24.3. The third-order valence-electron chi connectivity index (χ3n) is 15.5. The van der Waals surface area contributed by atoms with Crippen molar-refractivity contribution >= 4 is 70.9 Å². The standard InChI is InChI=1S/C59H70N10O21S2.Na/c1-28-26-69-49(50(28)77)55(82)61-25-36(71)22-39(62-51(78)33-7-11-35(12-8-33)57-67-66-56(91-57)34-9-5-31(6-10-34)32-13-15-38(16-14-32)87-19-18-86-3)52(79)63-46(29(2)70)58(83)68-27-37(72)23-40(68)53(80)64-47(54(81)65-48(59(69)84)43(75)24-45(60)76)42(74)20-30-4-17-41(73)44(21-30)88-92-90-89-85;/h4-17,21,28-29,36-37,39-40,42-43,46-50,70-75,77,85H,18-20,22-27H2,1-3H3,(H2,60,76)(H,61,82)(H,62,78)(H,63,79)(H,64,80)(H,65,81);/q;+1/p-1. The van der Waals surface area contributed by atoms with Gasteiger partial charge in [-0.15, -0.1) is 14.5 Å². The zero-order chi connectivity index (χ0) is 66.5. The molecule has 8 rings (SSSR count). The number of hydrogen-bond acceptors (Lipinski definition) is 25. The van der Waals surface area contributed by atoms with Crippen LogP contribution in [0.3, 0.4) is 0 Å². The first-order valence-corrected chi connectivity index (χ1v) is 30.3. The molecule has 3 aliphatic rings. The minimum absolute atomic E-state index is 0. The number of hydrogen-bond donors (Lipinski definition) is 13. The molecule has 0 spiro atoms. The van der Waals surface area contributed by atoms with Crippen LogP contribution in [-0.2, 0) is 54.1 Å². The zero-order valence-corrected chi connectivity index (χ0v) is 54.2. The number of nitrogens with one attached hydrogen (secondary N) is 5. The number of phenols is 1. The summed E-state index contributed by atoms with van der Waals surface area (Å²) >= 11 is 1.28. The Morgan fingerprint density at radius 1 is 0.753 bits per heavy atom. The fourth-order valence-corrected chi connectivity index (χ4v) is 11.8. The predicted octanol–water partition coefficient (Wildman–Crippen LogP) is -5.74. The van der Waals surface area contributed by atoms with Gasteiger partial charge in [-0.1, -0.05) is 72.9 Å². The van der Waals surface area contributed by atoms with E-state index in [0.29, 0.717) is 34.5 Å². The number of amides is 8. The maximum absolute atomic E-state index is 14.7. The molecule has 0 saturated carbocycles. The van der Waals surface area contributed by atoms with Crippen molar-refractivity contribution in [1.29, 1.82) is 0 Å². The van der Waals surface area contributed by atoms with Crippen LogP contribution in [0.25, 0.3) is 32.3 Å². The van der Waals surface area contributed by atoms with Gasteiger partial charge in [0.05, 0.1) is 49.7 Å². The molecular weight excluding hydrogens is 1270 g/mol. The molecule has 93 heavy (non-hydrogen) atoms. The fourth-order valence-electron chi connectivity index (χ4n) is 10.7. The van der Waals surface area contributed by atoms with Crippen molar-refractivity contribution in [3.05, 3.63) is 102 Å². The number of carbonyl (C=O) groups is 8. The summed E-state index contributed by atoms with van der Waals surface area (Å²) in [6, 6.07) is 13.1. The maximum atomic E-state index is 14.7. The number of nitrogens with two attached hydrogens (primary N) is 1. The summed E-state index contributed by atoms with van der Waals surface area (Å²) in [5.41, 5.74) is 8.76. The van der Waals surface area contributed by atoms with Crippen LogP contribution in [0.2, 0.25) is 0 Å². The van der Waals surface area contributed by atoms with E-state index in [4.69, 9.17) is 19.4 Å². The number of fused-ring (bicyclic) bond motifs is 2. The molecule has 494 valence electrons. The van der Waals surface area contributed by atoms with Gasteiger partial charge >= 0.3 is 29.6 Å². The van der Waals surface area contributed by atoms with E-state index >= 15 is 0 Å². The Kier molecular flexibility index (Phi) is 26.4. The van der Waals surface area contributed by atoms with Gasteiger partial charge in [-0.25, -0.2) is 0 Å². The molecule has 5 aromatic rings. The summed E-state index contributed by atoms with van der Waals surface area (Å²) in [6.07, 6.45) is -13.7. The first kappa shape index (κ1) is 73.0. The molecule has 0 bridgehead atoms. The van der Waals surface area contributed by atoms with Crippen molar-refractivity contribution in [1.82, 2.24) is 46.6 Å². The van der Waals surface area contributed by atoms with E-state index < -0.39 is 177 Å². The Hall–Kier alpha value is -7.45. The molecule has 3 saturated heterocycles. The summed E-state index contributed by atoms with van der Waals surface area (Å²) < 4.78 is 19.9. The number of aromatic nitrogens is 2. The number of methoxy groups -OCH3 is 1. The topological polar surface area (TPSA) is 466 Å². The van der Waals surface area contributed by atoms with Crippen LogP contribution in [0.15, 0.2) is 91.0 Å². The average Bonchev–Trinajstić information content (AvgIpc) is 1.70. The number of benzene rings is 4. The number of primary amides is 1.